The number of benzene rings is 4. The van der Waals surface area contributed by atoms with Crippen molar-refractivity contribution in [3.63, 3.8) is 0 Å². The molecule has 3 atom stereocenters. The highest BCUT2D eigenvalue weighted by Gasteiger charge is 2.29. The van der Waals surface area contributed by atoms with Crippen LogP contribution in [0.3, 0.4) is 0 Å². The number of phenols is 2. The Bertz CT molecular complexity index is 2400. The van der Waals surface area contributed by atoms with Crippen LogP contribution in [0.15, 0.2) is 84.9 Å². The highest BCUT2D eigenvalue weighted by molar-refractivity contribution is 5.92. The number of hydrogen-bond acceptors (Lipinski definition) is 12. The van der Waals surface area contributed by atoms with Crippen molar-refractivity contribution in [2.24, 2.45) is 5.73 Å². The number of aromatic hydroxyl groups is 2. The Morgan fingerprint density at radius 1 is 0.750 bits per heavy atom. The molecule has 0 aliphatic carbocycles. The maximum absolute atomic E-state index is 14.0. The van der Waals surface area contributed by atoms with Crippen LogP contribution >= 0.6 is 0 Å². The van der Waals surface area contributed by atoms with E-state index in [1.807, 2.05) is 11.0 Å². The number of nitrogens with two attached hydrogens (primary N) is 1. The summed E-state index contributed by atoms with van der Waals surface area (Å²) in [5.41, 5.74) is 8.27. The number of carbonyl (C=O) groups is 1. The fraction of sp³-hybridized carbons (Fsp3) is 0.293. The number of aromatic nitrogens is 4. The first kappa shape index (κ1) is 36.8. The molecule has 6 aromatic rings. The average Bonchev–Trinajstić information content (AvgIpc) is 3.98. The molecule has 5 heterocycles. The second-order valence-corrected chi connectivity index (χ2v) is 14.1. The van der Waals surface area contributed by atoms with Gasteiger partial charge in [-0.2, -0.15) is 0 Å². The minimum Gasteiger partial charge on any atom is -0.507 e. The largest absolute Gasteiger partial charge is 0.507 e. The van der Waals surface area contributed by atoms with Crippen molar-refractivity contribution in [2.45, 2.75) is 37.5 Å². The summed E-state index contributed by atoms with van der Waals surface area (Å²) in [6.45, 7) is 3.59. The van der Waals surface area contributed by atoms with Gasteiger partial charge in [-0.1, -0.05) is 24.3 Å². The van der Waals surface area contributed by atoms with Crippen LogP contribution in [0.1, 0.15) is 19.3 Å². The lowest BCUT2D eigenvalue weighted by Crippen LogP contribution is -2.39. The molecule has 9 rings (SSSR count). The summed E-state index contributed by atoms with van der Waals surface area (Å²) in [6, 6.07) is 22.5. The van der Waals surface area contributed by atoms with Crippen LogP contribution < -0.4 is 20.9 Å². The van der Waals surface area contributed by atoms with Crippen LogP contribution in [0.25, 0.3) is 44.6 Å². The lowest BCUT2D eigenvalue weighted by Gasteiger charge is -2.21. The number of nitrogens with zero attached hydrogens (tertiary/aromatic N) is 6. The van der Waals surface area contributed by atoms with E-state index in [0.29, 0.717) is 102 Å². The van der Waals surface area contributed by atoms with Crippen molar-refractivity contribution in [3.05, 3.63) is 96.6 Å². The molecule has 0 unspecified atom stereocenters. The monoisotopic (exact) mass is 762 g/mol. The number of ether oxygens (including phenoxy) is 2. The number of phenolic OH excluding ortho intramolecular Hbond substituents is 2. The van der Waals surface area contributed by atoms with Crippen molar-refractivity contribution in [1.82, 2.24) is 25.3 Å². The smallest absolute Gasteiger partial charge is 0.407 e. The van der Waals surface area contributed by atoms with E-state index in [1.165, 1.54) is 24.3 Å². The number of hydrogen-bond donors (Lipinski definition) is 4. The van der Waals surface area contributed by atoms with E-state index in [9.17, 15) is 23.8 Å². The molecule has 3 fully saturated rings. The van der Waals surface area contributed by atoms with E-state index in [1.54, 1.807) is 54.6 Å². The van der Waals surface area contributed by atoms with Crippen LogP contribution in [0.2, 0.25) is 0 Å². The molecule has 0 spiro atoms. The van der Waals surface area contributed by atoms with Gasteiger partial charge in [0.1, 0.15) is 40.9 Å². The number of para-hydroxylation sites is 2. The molecule has 0 bridgehead atoms. The number of rotatable bonds is 6. The van der Waals surface area contributed by atoms with Gasteiger partial charge < -0.3 is 40.5 Å². The van der Waals surface area contributed by atoms with E-state index in [-0.39, 0.29) is 41.3 Å². The van der Waals surface area contributed by atoms with E-state index in [2.05, 4.69) is 30.2 Å². The van der Waals surface area contributed by atoms with Gasteiger partial charge in [0.25, 0.3) is 0 Å². The second-order valence-electron chi connectivity index (χ2n) is 14.1. The summed E-state index contributed by atoms with van der Waals surface area (Å²) in [6.07, 6.45) is 1.61. The summed E-state index contributed by atoms with van der Waals surface area (Å²) in [7, 11) is 0. The molecule has 13 nitrogen and oxygen atoms in total. The van der Waals surface area contributed by atoms with Gasteiger partial charge in [0.05, 0.1) is 41.4 Å². The van der Waals surface area contributed by atoms with E-state index in [0.717, 1.165) is 13.0 Å². The van der Waals surface area contributed by atoms with Crippen LogP contribution in [0.5, 0.6) is 11.5 Å². The van der Waals surface area contributed by atoms with Gasteiger partial charge >= 0.3 is 6.09 Å². The number of alkyl carbamates (subject to hydrolysis) is 1. The molecular formula is C41H40F2N8O5. The molecule has 3 saturated heterocycles. The molecule has 1 amide bonds. The Morgan fingerprint density at radius 2 is 1.30 bits per heavy atom. The summed E-state index contributed by atoms with van der Waals surface area (Å²) in [5, 5.41) is 24.5. The van der Waals surface area contributed by atoms with Crippen molar-refractivity contribution in [1.29, 1.82) is 0 Å². The topological polar surface area (TPSA) is 172 Å². The first-order chi connectivity index (χ1) is 27.2. The third-order valence-corrected chi connectivity index (χ3v) is 10.1. The van der Waals surface area contributed by atoms with Crippen molar-refractivity contribution < 1.29 is 33.3 Å². The maximum atomic E-state index is 14.0. The highest BCUT2D eigenvalue weighted by Crippen LogP contribution is 2.35. The molecule has 4 aromatic carbocycles. The van der Waals surface area contributed by atoms with Crippen LogP contribution in [0, 0.1) is 11.6 Å². The standard InChI is InChI=1S/C23H23FN4O4.C18H17FN4O/c24-14-5-6-19-18(11-14)22(27-21(26-19)17-3-1-2-4-20(17)29)28-9-7-15(12-28)25-23(30)32-16-8-10-31-13-16;19-11-5-6-15-14(9-11)18(23-8-7-12(20)10-23)22-17(21-15)13-3-1-2-4-16(13)24/h1-6,11,15-16,29H,7-10,12-13H2,(H,25,30);1-6,9,12,24H,7-8,10,20H2/t15-,16-;12-/m11/s1. The third kappa shape index (κ3) is 7.95. The third-order valence-electron chi connectivity index (χ3n) is 10.1. The summed E-state index contributed by atoms with van der Waals surface area (Å²) >= 11 is 0. The molecule has 3 aliphatic heterocycles. The number of anilines is 2. The molecule has 0 saturated carbocycles. The van der Waals surface area contributed by atoms with Crippen LogP contribution in [0.4, 0.5) is 25.2 Å². The fourth-order valence-corrected chi connectivity index (χ4v) is 7.23. The fourth-order valence-electron chi connectivity index (χ4n) is 7.23. The van der Waals surface area contributed by atoms with Crippen molar-refractivity contribution >= 4 is 39.5 Å². The lowest BCUT2D eigenvalue weighted by molar-refractivity contribution is 0.0813. The van der Waals surface area contributed by atoms with E-state index < -0.39 is 6.09 Å². The average molecular weight is 763 g/mol. The zero-order valence-electron chi connectivity index (χ0n) is 30.3. The van der Waals surface area contributed by atoms with Crippen molar-refractivity contribution in [2.75, 3.05) is 49.2 Å². The van der Waals surface area contributed by atoms with E-state index in [4.69, 9.17) is 15.2 Å². The number of carbonyl (C=O) groups excluding carboxylic acids is 1. The first-order valence-electron chi connectivity index (χ1n) is 18.5. The SMILES string of the molecule is N[C@@H]1CCN(c2nc(-c3ccccc3O)nc3ccc(F)cc23)C1.O=C(N[C@@H]1CCN(c2nc(-c3ccccc3O)nc3ccc(F)cc23)C1)O[C@@H]1CCOC1. The molecular weight excluding hydrogens is 722 g/mol. The number of amides is 1. The molecule has 288 valence electrons. The van der Waals surface area contributed by atoms with Gasteiger partial charge in [-0.15, -0.1) is 0 Å². The predicted molar refractivity (Wildman–Crippen MR) is 207 cm³/mol. The van der Waals surface area contributed by atoms with Gasteiger partial charge in [0.15, 0.2) is 11.6 Å². The number of halogens is 2. The summed E-state index contributed by atoms with van der Waals surface area (Å²) in [4.78, 5) is 34.6. The van der Waals surface area contributed by atoms with Gasteiger partial charge in [-0.25, -0.2) is 33.5 Å². The number of fused-ring (bicyclic) bond motifs is 2. The van der Waals surface area contributed by atoms with Crippen LogP contribution in [-0.4, -0.2) is 93.8 Å². The Hall–Kier alpha value is -6.19. The highest BCUT2D eigenvalue weighted by atomic mass is 19.1. The molecule has 2 aromatic heterocycles. The van der Waals surface area contributed by atoms with Gasteiger partial charge in [-0.05, 0) is 73.5 Å². The van der Waals surface area contributed by atoms with Gasteiger partial charge in [-0.3, -0.25) is 0 Å². The lowest BCUT2D eigenvalue weighted by atomic mass is 10.1. The molecule has 0 radical (unpaired) electrons. The normalized spacial score (nSPS) is 19.3. The Labute approximate surface area is 320 Å². The van der Waals surface area contributed by atoms with E-state index >= 15 is 0 Å². The van der Waals surface area contributed by atoms with Crippen LogP contribution in [-0.2, 0) is 9.47 Å². The molecule has 56 heavy (non-hydrogen) atoms. The van der Waals surface area contributed by atoms with Gasteiger partial charge in [0.2, 0.25) is 0 Å². The first-order valence-corrected chi connectivity index (χ1v) is 18.5. The second kappa shape index (κ2) is 15.9. The summed E-state index contributed by atoms with van der Waals surface area (Å²) in [5.74, 6) is 1.47. The number of nitrogens with one attached hydrogen (secondary N) is 1. The quantitative estimate of drug-likeness (QED) is 0.158. The Morgan fingerprint density at radius 3 is 1.82 bits per heavy atom. The van der Waals surface area contributed by atoms with Crippen molar-refractivity contribution in [3.8, 4) is 34.3 Å². The Kier molecular flexibility index (Phi) is 10.4. The zero-order valence-corrected chi connectivity index (χ0v) is 30.3. The molecule has 5 N–H and O–H groups in total. The Balaban J connectivity index is 0.000000164. The predicted octanol–water partition coefficient (Wildman–Crippen LogP) is 5.91. The molecule has 15 heteroatoms. The zero-order chi connectivity index (χ0) is 38.8. The minimum absolute atomic E-state index is 0.0690. The summed E-state index contributed by atoms with van der Waals surface area (Å²) < 4.78 is 38.4. The molecule has 3 aliphatic rings. The van der Waals surface area contributed by atoms with Gasteiger partial charge in [0, 0.05) is 49.4 Å². The minimum atomic E-state index is -0.458. The maximum Gasteiger partial charge on any atom is 0.407 e.